The Morgan fingerprint density at radius 3 is 1.93 bits per heavy atom. The fraction of sp³-hybridized carbons (Fsp3) is 1.00. The van der Waals surface area contributed by atoms with E-state index in [-0.39, 0.29) is 5.73 Å². The van der Waals surface area contributed by atoms with Gasteiger partial charge in [0.05, 0.1) is 5.73 Å². The molecule has 0 amide bonds. The topological polar surface area (TPSA) is 27.7 Å². The first-order chi connectivity index (χ1) is 6.79. The zero-order valence-electron chi connectivity index (χ0n) is 9.91. The van der Waals surface area contributed by atoms with Gasteiger partial charge in [-0.05, 0) is 26.7 Å². The summed E-state index contributed by atoms with van der Waals surface area (Å²) in [5, 5.41) is 0. The van der Waals surface area contributed by atoms with Crippen LogP contribution in [0, 0.1) is 0 Å². The van der Waals surface area contributed by atoms with Gasteiger partial charge in [0.25, 0.3) is 0 Å². The van der Waals surface area contributed by atoms with Crippen molar-refractivity contribution in [3.05, 3.63) is 0 Å². The van der Waals surface area contributed by atoms with Crippen LogP contribution in [0.2, 0.25) is 0 Å². The molecule has 14 heavy (non-hydrogen) atoms. The Kier molecular flexibility index (Phi) is 9.71. The summed E-state index contributed by atoms with van der Waals surface area (Å²) in [6.45, 7) is 10.5. The lowest BCUT2D eigenvalue weighted by molar-refractivity contribution is 0.0592. The average molecular weight is 220 g/mol. The van der Waals surface area contributed by atoms with Crippen molar-refractivity contribution in [2.45, 2.75) is 46.3 Å². The van der Waals surface area contributed by atoms with E-state index >= 15 is 0 Å². The van der Waals surface area contributed by atoms with Crippen molar-refractivity contribution in [2.24, 2.45) is 0 Å². The van der Waals surface area contributed by atoms with E-state index in [9.17, 15) is 0 Å². The second-order valence-electron chi connectivity index (χ2n) is 3.10. The highest BCUT2D eigenvalue weighted by Crippen LogP contribution is 2.07. The van der Waals surface area contributed by atoms with Gasteiger partial charge in [-0.2, -0.15) is 0 Å². The summed E-state index contributed by atoms with van der Waals surface area (Å²) < 4.78 is 17.0. The van der Waals surface area contributed by atoms with E-state index in [4.69, 9.17) is 13.6 Å². The molecule has 0 saturated heterocycles. The molecule has 3 nitrogen and oxygen atoms in total. The predicted molar refractivity (Wildman–Crippen MR) is 60.7 cm³/mol. The molecule has 1 unspecified atom stereocenters. The lowest BCUT2D eigenvalue weighted by atomic mass is 10.5. The van der Waals surface area contributed by atoms with Crippen LogP contribution in [0.15, 0.2) is 0 Å². The van der Waals surface area contributed by atoms with Gasteiger partial charge in [0.1, 0.15) is 0 Å². The van der Waals surface area contributed by atoms with Gasteiger partial charge in [0.15, 0.2) is 0 Å². The Balaban J connectivity index is 3.96. The minimum absolute atomic E-state index is 0.204. The Morgan fingerprint density at radius 2 is 1.57 bits per heavy atom. The molecule has 0 saturated carbocycles. The minimum Gasteiger partial charge on any atom is -0.395 e. The molecule has 4 heteroatoms. The van der Waals surface area contributed by atoms with Crippen LogP contribution in [-0.4, -0.2) is 34.8 Å². The summed E-state index contributed by atoms with van der Waals surface area (Å²) in [5.41, 5.74) is 0.204. The number of hydrogen-bond acceptors (Lipinski definition) is 3. The summed E-state index contributed by atoms with van der Waals surface area (Å²) in [5.74, 6) is 0. The van der Waals surface area contributed by atoms with E-state index in [2.05, 4.69) is 13.8 Å². The van der Waals surface area contributed by atoms with Crippen molar-refractivity contribution in [3.8, 4) is 0 Å². The van der Waals surface area contributed by atoms with Gasteiger partial charge in [-0.15, -0.1) is 0 Å². The Bertz CT molecular complexity index is 116. The van der Waals surface area contributed by atoms with Gasteiger partial charge in [-0.3, -0.25) is 0 Å². The van der Waals surface area contributed by atoms with Crippen LogP contribution in [0.3, 0.4) is 0 Å². The van der Waals surface area contributed by atoms with Gasteiger partial charge < -0.3 is 13.6 Å². The summed E-state index contributed by atoms with van der Waals surface area (Å²) in [6.07, 6.45) is 2.03. The number of ether oxygens (including phenoxy) is 1. The second-order valence-corrected chi connectivity index (χ2v) is 5.24. The van der Waals surface area contributed by atoms with Crippen LogP contribution in [-0.2, 0) is 13.6 Å². The number of rotatable bonds is 9. The average Bonchev–Trinajstić information content (AvgIpc) is 2.19. The Morgan fingerprint density at radius 1 is 1.00 bits per heavy atom. The molecule has 0 aromatic carbocycles. The lowest BCUT2D eigenvalue weighted by Gasteiger charge is -2.23. The molecule has 1 atom stereocenters. The van der Waals surface area contributed by atoms with Crippen molar-refractivity contribution < 1.29 is 13.6 Å². The molecule has 0 heterocycles. The van der Waals surface area contributed by atoms with Gasteiger partial charge in [0.2, 0.25) is 0 Å². The Hall–Kier alpha value is 0.0969. The smallest absolute Gasteiger partial charge is 0.351 e. The third kappa shape index (κ3) is 5.75. The maximum atomic E-state index is 5.72. The molecule has 0 N–H and O–H groups in total. The van der Waals surface area contributed by atoms with Gasteiger partial charge >= 0.3 is 9.28 Å². The molecular weight excluding hydrogens is 196 g/mol. The Labute approximate surface area is 89.6 Å². The molecule has 0 aliphatic rings. The van der Waals surface area contributed by atoms with Crippen LogP contribution in [0.5, 0.6) is 0 Å². The molecule has 0 spiro atoms. The molecule has 0 rings (SSSR count). The van der Waals surface area contributed by atoms with Crippen LogP contribution in [0.4, 0.5) is 0 Å². The van der Waals surface area contributed by atoms with Crippen molar-refractivity contribution in [2.75, 3.05) is 19.8 Å². The number of hydrogen-bond donors (Lipinski definition) is 0. The standard InChI is InChI=1S/C10H24O3Si/c1-5-9-11-10(6-2)14(12-7-3)13-8-4/h10,14H,5-9H2,1-4H3. The summed E-state index contributed by atoms with van der Waals surface area (Å²) in [6, 6.07) is 0. The van der Waals surface area contributed by atoms with Crippen LogP contribution in [0.25, 0.3) is 0 Å². The summed E-state index contributed by atoms with van der Waals surface area (Å²) in [4.78, 5) is 0. The zero-order valence-corrected chi connectivity index (χ0v) is 11.1. The third-order valence-corrected chi connectivity index (χ3v) is 4.50. The van der Waals surface area contributed by atoms with Crippen LogP contribution >= 0.6 is 0 Å². The fourth-order valence-corrected chi connectivity index (χ4v) is 3.11. The van der Waals surface area contributed by atoms with Gasteiger partial charge in [-0.1, -0.05) is 13.8 Å². The van der Waals surface area contributed by atoms with E-state index < -0.39 is 9.28 Å². The highest BCUT2D eigenvalue weighted by atomic mass is 28.3. The largest absolute Gasteiger partial charge is 0.395 e. The SMILES string of the molecule is CCCOC(CC)[SiH](OCC)OCC. The molecule has 0 aliphatic carbocycles. The highest BCUT2D eigenvalue weighted by Gasteiger charge is 2.24. The minimum atomic E-state index is -1.60. The van der Waals surface area contributed by atoms with Crippen molar-refractivity contribution in [1.82, 2.24) is 0 Å². The van der Waals surface area contributed by atoms with Gasteiger partial charge in [0, 0.05) is 19.8 Å². The van der Waals surface area contributed by atoms with Crippen LogP contribution < -0.4 is 0 Å². The van der Waals surface area contributed by atoms with E-state index in [1.165, 1.54) is 0 Å². The molecule has 0 aromatic heterocycles. The molecular formula is C10H24O3Si. The van der Waals surface area contributed by atoms with Crippen molar-refractivity contribution in [1.29, 1.82) is 0 Å². The molecule has 0 radical (unpaired) electrons. The zero-order chi connectivity index (χ0) is 10.8. The molecule has 0 fully saturated rings. The fourth-order valence-electron chi connectivity index (χ4n) is 1.25. The van der Waals surface area contributed by atoms with Crippen LogP contribution in [0.1, 0.15) is 40.5 Å². The maximum absolute atomic E-state index is 5.72. The normalized spacial score (nSPS) is 13.5. The first-order valence-electron chi connectivity index (χ1n) is 5.64. The lowest BCUT2D eigenvalue weighted by Crippen LogP contribution is -2.39. The maximum Gasteiger partial charge on any atom is 0.351 e. The second kappa shape index (κ2) is 9.64. The van der Waals surface area contributed by atoms with E-state index in [0.717, 1.165) is 32.7 Å². The first kappa shape index (κ1) is 14.1. The predicted octanol–water partition coefficient (Wildman–Crippen LogP) is 2.02. The van der Waals surface area contributed by atoms with E-state index in [1.807, 2.05) is 13.8 Å². The quantitative estimate of drug-likeness (QED) is 0.556. The molecule has 0 bridgehead atoms. The molecule has 0 aliphatic heterocycles. The molecule has 0 aromatic rings. The van der Waals surface area contributed by atoms with E-state index in [0.29, 0.717) is 0 Å². The first-order valence-corrected chi connectivity index (χ1v) is 7.25. The summed E-state index contributed by atoms with van der Waals surface area (Å²) in [7, 11) is -1.60. The monoisotopic (exact) mass is 220 g/mol. The van der Waals surface area contributed by atoms with Crippen molar-refractivity contribution >= 4 is 9.28 Å². The van der Waals surface area contributed by atoms with Gasteiger partial charge in [-0.25, -0.2) is 0 Å². The van der Waals surface area contributed by atoms with E-state index in [1.54, 1.807) is 0 Å². The third-order valence-electron chi connectivity index (χ3n) is 1.90. The highest BCUT2D eigenvalue weighted by molar-refractivity contribution is 6.46. The summed E-state index contributed by atoms with van der Waals surface area (Å²) >= 11 is 0. The van der Waals surface area contributed by atoms with Crippen molar-refractivity contribution in [3.63, 3.8) is 0 Å². The molecule has 86 valence electrons.